The lowest BCUT2D eigenvalue weighted by Crippen LogP contribution is -2.49. The molecule has 1 aliphatic rings. The summed E-state index contributed by atoms with van der Waals surface area (Å²) in [5.74, 6) is 0. The van der Waals surface area contributed by atoms with Crippen LogP contribution in [0.15, 0.2) is 46.2 Å². The average molecular weight is 487 g/mol. The summed E-state index contributed by atoms with van der Waals surface area (Å²) in [6, 6.07) is 9.48. The minimum Gasteiger partial charge on any atom is -0.294 e. The van der Waals surface area contributed by atoms with E-state index in [9.17, 15) is 13.2 Å². The highest BCUT2D eigenvalue weighted by Crippen LogP contribution is 2.34. The van der Waals surface area contributed by atoms with Crippen molar-refractivity contribution in [3.63, 3.8) is 0 Å². The highest BCUT2D eigenvalue weighted by Gasteiger charge is 2.31. The van der Waals surface area contributed by atoms with Crippen molar-refractivity contribution < 1.29 is 13.2 Å². The van der Waals surface area contributed by atoms with Crippen molar-refractivity contribution in [1.29, 1.82) is 0 Å². The second-order valence-electron chi connectivity index (χ2n) is 7.26. The van der Waals surface area contributed by atoms with Crippen LogP contribution in [0, 0.1) is 6.92 Å². The van der Waals surface area contributed by atoms with Crippen LogP contribution in [-0.2, 0) is 10.0 Å². The topological polar surface area (TPSA) is 122 Å². The van der Waals surface area contributed by atoms with Crippen LogP contribution < -0.4 is 14.9 Å². The number of carbonyl (C=O) groups excluding carboxylic acids is 1. The number of aryl methyl sites for hydroxylation is 1. The number of nitrogens with zero attached hydrogens (tertiary/aromatic N) is 5. The fourth-order valence-electron chi connectivity index (χ4n) is 3.71. The molecular formula is C20H18N6O3S3. The van der Waals surface area contributed by atoms with E-state index in [0.29, 0.717) is 23.9 Å². The van der Waals surface area contributed by atoms with Crippen LogP contribution in [-0.4, -0.2) is 42.5 Å². The van der Waals surface area contributed by atoms with Gasteiger partial charge in [-0.05, 0) is 37.1 Å². The molecule has 164 valence electrons. The van der Waals surface area contributed by atoms with Crippen LogP contribution in [0.4, 0.5) is 15.6 Å². The summed E-state index contributed by atoms with van der Waals surface area (Å²) in [5, 5.41) is 5.60. The normalized spacial score (nSPS) is 15.0. The third-order valence-corrected chi connectivity index (χ3v) is 8.76. The molecule has 1 saturated heterocycles. The number of thiazole rings is 2. The van der Waals surface area contributed by atoms with Gasteiger partial charge in [0.25, 0.3) is 0 Å². The molecule has 5 rings (SSSR count). The van der Waals surface area contributed by atoms with Crippen molar-refractivity contribution in [3.05, 3.63) is 47.7 Å². The zero-order chi connectivity index (χ0) is 22.5. The fraction of sp³-hybridized carbons (Fsp3) is 0.200. The first-order valence-electron chi connectivity index (χ1n) is 9.71. The number of pyridine rings is 1. The van der Waals surface area contributed by atoms with Crippen LogP contribution in [0.5, 0.6) is 0 Å². The predicted octanol–water partition coefficient (Wildman–Crippen LogP) is 3.61. The second-order valence-corrected chi connectivity index (χ2v) is 10.9. The highest BCUT2D eigenvalue weighted by atomic mass is 32.2. The van der Waals surface area contributed by atoms with Crippen molar-refractivity contribution in [3.8, 4) is 11.1 Å². The number of fused-ring (bicyclic) bond motifs is 1. The molecule has 2 N–H and O–H groups in total. The van der Waals surface area contributed by atoms with E-state index >= 15 is 0 Å². The molecule has 2 amide bonds. The quantitative estimate of drug-likeness (QED) is 0.470. The SMILES string of the molecule is Cc1nc(N2CCCN(c3ccc(-c4ccnc5ncsc45)cc3)C2=O)sc1S(N)(=O)=O. The second kappa shape index (κ2) is 7.89. The van der Waals surface area contributed by atoms with Gasteiger partial charge in [-0.15, -0.1) is 11.3 Å². The zero-order valence-corrected chi connectivity index (χ0v) is 19.4. The standard InChI is InChI=1S/C20H18N6O3S3/c1-12-18(32(21,28)29)31-19(24-12)26-10-2-9-25(20(26)27)14-5-3-13(4-6-14)15-7-8-22-17-16(15)30-11-23-17/h3-8,11H,2,9-10H2,1H3,(H2,21,28,29). The number of urea groups is 1. The van der Waals surface area contributed by atoms with Crippen molar-refractivity contribution in [2.75, 3.05) is 22.9 Å². The summed E-state index contributed by atoms with van der Waals surface area (Å²) in [4.78, 5) is 29.2. The summed E-state index contributed by atoms with van der Waals surface area (Å²) in [5.41, 5.74) is 5.62. The smallest absolute Gasteiger partial charge is 0.294 e. The van der Waals surface area contributed by atoms with E-state index in [-0.39, 0.29) is 10.2 Å². The van der Waals surface area contributed by atoms with Gasteiger partial charge in [0.05, 0.1) is 15.9 Å². The molecule has 4 heterocycles. The first-order valence-corrected chi connectivity index (χ1v) is 12.9. The van der Waals surface area contributed by atoms with E-state index in [1.165, 1.54) is 4.90 Å². The Labute approximate surface area is 192 Å². The zero-order valence-electron chi connectivity index (χ0n) is 16.9. The number of carbonyl (C=O) groups is 1. The molecule has 0 radical (unpaired) electrons. The number of nitrogens with two attached hydrogens (primary N) is 1. The van der Waals surface area contributed by atoms with E-state index in [1.807, 2.05) is 30.3 Å². The molecule has 12 heteroatoms. The summed E-state index contributed by atoms with van der Waals surface area (Å²) in [7, 11) is -3.88. The third kappa shape index (κ3) is 3.64. The van der Waals surface area contributed by atoms with Crippen molar-refractivity contribution >= 4 is 59.9 Å². The Morgan fingerprint density at radius 2 is 1.81 bits per heavy atom. The van der Waals surface area contributed by atoms with Gasteiger partial charge in [0.15, 0.2) is 15.0 Å². The number of anilines is 2. The Morgan fingerprint density at radius 3 is 2.53 bits per heavy atom. The Kier molecular flexibility index (Phi) is 5.16. The van der Waals surface area contributed by atoms with Gasteiger partial charge in [0, 0.05) is 30.5 Å². The van der Waals surface area contributed by atoms with E-state index in [2.05, 4.69) is 15.0 Å². The van der Waals surface area contributed by atoms with Crippen LogP contribution in [0.3, 0.4) is 0 Å². The number of hydrogen-bond acceptors (Lipinski definition) is 8. The Morgan fingerprint density at radius 1 is 1.06 bits per heavy atom. The van der Waals surface area contributed by atoms with Crippen molar-refractivity contribution in [2.45, 2.75) is 17.6 Å². The molecule has 3 aromatic heterocycles. The lowest BCUT2D eigenvalue weighted by atomic mass is 10.1. The number of aromatic nitrogens is 3. The molecule has 0 aliphatic carbocycles. The van der Waals surface area contributed by atoms with E-state index in [1.54, 1.807) is 34.9 Å². The Balaban J connectivity index is 1.43. The summed E-state index contributed by atoms with van der Waals surface area (Å²) in [6.45, 7) is 2.60. The van der Waals surface area contributed by atoms with Crippen molar-refractivity contribution in [2.24, 2.45) is 5.14 Å². The van der Waals surface area contributed by atoms with Gasteiger partial charge in [-0.25, -0.2) is 33.3 Å². The Hall–Kier alpha value is -2.93. The fourth-order valence-corrected chi connectivity index (χ4v) is 6.46. The summed E-state index contributed by atoms with van der Waals surface area (Å²) < 4.78 is 24.5. The van der Waals surface area contributed by atoms with Gasteiger partial charge < -0.3 is 0 Å². The molecule has 0 unspecified atom stereocenters. The maximum Gasteiger partial charge on any atom is 0.330 e. The largest absolute Gasteiger partial charge is 0.330 e. The predicted molar refractivity (Wildman–Crippen MR) is 126 cm³/mol. The number of rotatable bonds is 4. The van der Waals surface area contributed by atoms with Gasteiger partial charge in [-0.3, -0.25) is 9.80 Å². The minimum atomic E-state index is -3.88. The molecular weight excluding hydrogens is 468 g/mol. The highest BCUT2D eigenvalue weighted by molar-refractivity contribution is 7.91. The summed E-state index contributed by atoms with van der Waals surface area (Å²) in [6.07, 6.45) is 2.46. The van der Waals surface area contributed by atoms with E-state index in [0.717, 1.165) is 44.9 Å². The lowest BCUT2D eigenvalue weighted by molar-refractivity contribution is 0.248. The van der Waals surface area contributed by atoms with E-state index < -0.39 is 10.0 Å². The summed E-state index contributed by atoms with van der Waals surface area (Å²) >= 11 is 2.46. The van der Waals surface area contributed by atoms with Gasteiger partial charge in [0.1, 0.15) is 0 Å². The van der Waals surface area contributed by atoms with Crippen LogP contribution in [0.2, 0.25) is 0 Å². The van der Waals surface area contributed by atoms with Crippen LogP contribution in [0.25, 0.3) is 21.5 Å². The molecule has 1 aliphatic heterocycles. The molecule has 0 spiro atoms. The third-order valence-electron chi connectivity index (χ3n) is 5.18. The monoisotopic (exact) mass is 486 g/mol. The molecule has 1 aromatic carbocycles. The number of primary sulfonamides is 1. The van der Waals surface area contributed by atoms with Crippen LogP contribution >= 0.6 is 22.7 Å². The minimum absolute atomic E-state index is 0.0199. The van der Waals surface area contributed by atoms with Crippen molar-refractivity contribution in [1.82, 2.24) is 15.0 Å². The first-order chi connectivity index (χ1) is 15.3. The average Bonchev–Trinajstić information content (AvgIpc) is 3.40. The lowest BCUT2D eigenvalue weighted by Gasteiger charge is -2.34. The van der Waals surface area contributed by atoms with Gasteiger partial charge in [-0.2, -0.15) is 0 Å². The van der Waals surface area contributed by atoms with E-state index in [4.69, 9.17) is 5.14 Å². The molecule has 0 bridgehead atoms. The van der Waals surface area contributed by atoms with Gasteiger partial charge >= 0.3 is 6.03 Å². The molecule has 32 heavy (non-hydrogen) atoms. The maximum atomic E-state index is 13.2. The van der Waals surface area contributed by atoms with Gasteiger partial charge in [0.2, 0.25) is 10.0 Å². The molecule has 1 fully saturated rings. The number of sulfonamides is 1. The van der Waals surface area contributed by atoms with Crippen LogP contribution in [0.1, 0.15) is 12.1 Å². The molecule has 0 atom stereocenters. The Bertz CT molecular complexity index is 1430. The number of amides is 2. The first kappa shape index (κ1) is 20.9. The molecule has 4 aromatic rings. The number of hydrogen-bond donors (Lipinski definition) is 1. The molecule has 0 saturated carbocycles. The molecule has 9 nitrogen and oxygen atoms in total. The number of benzene rings is 1. The van der Waals surface area contributed by atoms with Gasteiger partial charge in [-0.1, -0.05) is 23.5 Å². The maximum absolute atomic E-state index is 13.2.